The third kappa shape index (κ3) is 3.70. The van der Waals surface area contributed by atoms with Gasteiger partial charge < -0.3 is 5.21 Å². The summed E-state index contributed by atoms with van der Waals surface area (Å²) in [4.78, 5) is 18.1. The fourth-order valence-corrected chi connectivity index (χ4v) is 3.67. The summed E-state index contributed by atoms with van der Waals surface area (Å²) in [7, 11) is 0. The maximum atomic E-state index is 12.5. The van der Waals surface area contributed by atoms with Crippen molar-refractivity contribution in [1.82, 2.24) is 4.98 Å². The molecule has 0 aliphatic carbocycles. The molecule has 0 fully saturated rings. The van der Waals surface area contributed by atoms with Crippen LogP contribution in [0, 0.1) is 5.21 Å². The number of benzene rings is 2. The van der Waals surface area contributed by atoms with Gasteiger partial charge in [-0.1, -0.05) is 72.0 Å². The fraction of sp³-hybridized carbons (Fsp3) is 0. The van der Waals surface area contributed by atoms with Crippen molar-refractivity contribution in [1.29, 1.82) is 0 Å². The largest absolute Gasteiger partial charge is 0.619 e. The van der Waals surface area contributed by atoms with E-state index >= 15 is 0 Å². The molecule has 2 heterocycles. The standard InChI is InChI=1S/C21H15N3O2S/c25-20(17-11-13-24(26)14-12-17)23-21-22-18(15-7-3-1-4-8-15)19(27-21)16-9-5-2-6-10-16/h1-14H,(H,22,23,25). The van der Waals surface area contributed by atoms with E-state index in [4.69, 9.17) is 0 Å². The molecule has 0 bridgehead atoms. The van der Waals surface area contributed by atoms with Gasteiger partial charge in [-0.15, -0.1) is 0 Å². The molecule has 0 aliphatic heterocycles. The molecule has 132 valence electrons. The van der Waals surface area contributed by atoms with Crippen molar-refractivity contribution in [3.8, 4) is 21.7 Å². The first-order chi connectivity index (χ1) is 13.2. The van der Waals surface area contributed by atoms with Crippen molar-refractivity contribution in [2.45, 2.75) is 0 Å². The number of thiazole rings is 1. The summed E-state index contributed by atoms with van der Waals surface area (Å²) in [6.45, 7) is 0. The van der Waals surface area contributed by atoms with Crippen molar-refractivity contribution in [2.24, 2.45) is 0 Å². The number of hydrogen-bond donors (Lipinski definition) is 1. The first-order valence-electron chi connectivity index (χ1n) is 8.32. The van der Waals surface area contributed by atoms with Gasteiger partial charge in [-0.05, 0) is 5.56 Å². The number of nitrogens with zero attached hydrogens (tertiary/aromatic N) is 2. The van der Waals surface area contributed by atoms with Gasteiger partial charge in [0.05, 0.1) is 16.1 Å². The average molecular weight is 373 g/mol. The highest BCUT2D eigenvalue weighted by Crippen LogP contribution is 2.38. The summed E-state index contributed by atoms with van der Waals surface area (Å²) < 4.78 is 0.640. The van der Waals surface area contributed by atoms with Crippen molar-refractivity contribution in [3.05, 3.63) is 96.0 Å². The Labute approximate surface area is 160 Å². The van der Waals surface area contributed by atoms with Crippen LogP contribution in [0.5, 0.6) is 0 Å². The smallest absolute Gasteiger partial charge is 0.257 e. The normalized spacial score (nSPS) is 10.5. The molecule has 0 unspecified atom stereocenters. The van der Waals surface area contributed by atoms with Crippen molar-refractivity contribution >= 4 is 22.4 Å². The Balaban J connectivity index is 1.71. The molecule has 6 heteroatoms. The van der Waals surface area contributed by atoms with Crippen LogP contribution in [0.15, 0.2) is 85.2 Å². The minimum atomic E-state index is -0.302. The van der Waals surface area contributed by atoms with Gasteiger partial charge in [0.25, 0.3) is 5.91 Å². The number of carbonyl (C=O) groups excluding carboxylic acids is 1. The Kier molecular flexibility index (Phi) is 4.63. The first-order valence-corrected chi connectivity index (χ1v) is 9.14. The third-order valence-corrected chi connectivity index (χ3v) is 5.01. The molecule has 27 heavy (non-hydrogen) atoms. The SMILES string of the molecule is O=C(Nc1nc(-c2ccccc2)c(-c2ccccc2)s1)c1cc[n+]([O-])cc1. The fourth-order valence-electron chi connectivity index (χ4n) is 2.68. The van der Waals surface area contributed by atoms with Gasteiger partial charge in [-0.25, -0.2) is 4.98 Å². The Morgan fingerprint density at radius 3 is 2.11 bits per heavy atom. The van der Waals surface area contributed by atoms with Gasteiger partial charge in [-0.2, -0.15) is 4.73 Å². The molecule has 0 radical (unpaired) electrons. The molecular formula is C21H15N3O2S. The van der Waals surface area contributed by atoms with Crippen LogP contribution in [-0.4, -0.2) is 10.9 Å². The third-order valence-electron chi connectivity index (χ3n) is 4.00. The Bertz CT molecular complexity index is 1000. The van der Waals surface area contributed by atoms with Crippen LogP contribution in [0.4, 0.5) is 5.13 Å². The predicted octanol–water partition coefficient (Wildman–Crippen LogP) is 4.36. The highest BCUT2D eigenvalue weighted by atomic mass is 32.1. The Morgan fingerprint density at radius 2 is 1.48 bits per heavy atom. The quantitative estimate of drug-likeness (QED) is 0.427. The van der Waals surface area contributed by atoms with Gasteiger partial charge in [-0.3, -0.25) is 10.1 Å². The Morgan fingerprint density at radius 1 is 0.889 bits per heavy atom. The van der Waals surface area contributed by atoms with Crippen molar-refractivity contribution in [3.63, 3.8) is 0 Å². The van der Waals surface area contributed by atoms with Crippen LogP contribution in [-0.2, 0) is 0 Å². The number of anilines is 1. The van der Waals surface area contributed by atoms with Crippen LogP contribution in [0.1, 0.15) is 10.4 Å². The van der Waals surface area contributed by atoms with E-state index in [1.165, 1.54) is 35.9 Å². The van der Waals surface area contributed by atoms with Gasteiger partial charge in [0.15, 0.2) is 17.5 Å². The molecule has 0 saturated heterocycles. The lowest BCUT2D eigenvalue weighted by Crippen LogP contribution is -2.25. The molecule has 0 aliphatic rings. The molecule has 5 nitrogen and oxygen atoms in total. The zero-order chi connectivity index (χ0) is 18.6. The second kappa shape index (κ2) is 7.39. The summed E-state index contributed by atoms with van der Waals surface area (Å²) in [6, 6.07) is 22.8. The number of amides is 1. The second-order valence-corrected chi connectivity index (χ2v) is 6.83. The second-order valence-electron chi connectivity index (χ2n) is 5.83. The van der Waals surface area contributed by atoms with Crippen LogP contribution < -0.4 is 10.0 Å². The topological polar surface area (TPSA) is 68.9 Å². The lowest BCUT2D eigenvalue weighted by Gasteiger charge is -2.02. The number of rotatable bonds is 4. The van der Waals surface area contributed by atoms with E-state index in [0.29, 0.717) is 15.4 Å². The van der Waals surface area contributed by atoms with E-state index in [1.807, 2.05) is 60.7 Å². The van der Waals surface area contributed by atoms with E-state index in [9.17, 15) is 10.0 Å². The highest BCUT2D eigenvalue weighted by molar-refractivity contribution is 7.19. The van der Waals surface area contributed by atoms with E-state index in [1.54, 1.807) is 0 Å². The number of aromatic nitrogens is 2. The Hall–Kier alpha value is -3.51. The van der Waals surface area contributed by atoms with Gasteiger partial charge in [0, 0.05) is 17.7 Å². The molecule has 4 aromatic rings. The van der Waals surface area contributed by atoms with E-state index in [-0.39, 0.29) is 5.91 Å². The van der Waals surface area contributed by atoms with Crippen LogP contribution in [0.25, 0.3) is 21.7 Å². The molecule has 2 aromatic carbocycles. The van der Waals surface area contributed by atoms with Crippen LogP contribution in [0.2, 0.25) is 0 Å². The van der Waals surface area contributed by atoms with Gasteiger partial charge in [0.2, 0.25) is 0 Å². The lowest BCUT2D eigenvalue weighted by atomic mass is 10.1. The van der Waals surface area contributed by atoms with E-state index < -0.39 is 0 Å². The maximum Gasteiger partial charge on any atom is 0.257 e. The molecule has 0 saturated carbocycles. The zero-order valence-corrected chi connectivity index (χ0v) is 15.0. The number of hydrogen-bond acceptors (Lipinski definition) is 4. The minimum absolute atomic E-state index is 0.302. The monoisotopic (exact) mass is 373 g/mol. The summed E-state index contributed by atoms with van der Waals surface area (Å²) in [6.07, 6.45) is 2.59. The predicted molar refractivity (Wildman–Crippen MR) is 106 cm³/mol. The molecule has 0 atom stereocenters. The van der Waals surface area contributed by atoms with Gasteiger partial charge >= 0.3 is 0 Å². The maximum absolute atomic E-state index is 12.5. The molecular weight excluding hydrogens is 358 g/mol. The first kappa shape index (κ1) is 16.9. The summed E-state index contributed by atoms with van der Waals surface area (Å²) in [5.41, 5.74) is 3.26. The lowest BCUT2D eigenvalue weighted by molar-refractivity contribution is -0.605. The van der Waals surface area contributed by atoms with Crippen molar-refractivity contribution in [2.75, 3.05) is 5.32 Å². The van der Waals surface area contributed by atoms with Crippen LogP contribution in [0.3, 0.4) is 0 Å². The molecule has 0 spiro atoms. The molecule has 4 rings (SSSR count). The highest BCUT2D eigenvalue weighted by Gasteiger charge is 2.17. The average Bonchev–Trinajstić information content (AvgIpc) is 3.13. The van der Waals surface area contributed by atoms with Crippen molar-refractivity contribution < 1.29 is 9.52 Å². The minimum Gasteiger partial charge on any atom is -0.619 e. The molecule has 2 aromatic heterocycles. The van der Waals surface area contributed by atoms with Gasteiger partial charge in [0.1, 0.15) is 0 Å². The van der Waals surface area contributed by atoms with Crippen LogP contribution >= 0.6 is 11.3 Å². The zero-order valence-electron chi connectivity index (χ0n) is 14.2. The van der Waals surface area contributed by atoms with E-state index in [2.05, 4.69) is 10.3 Å². The summed E-state index contributed by atoms with van der Waals surface area (Å²) in [5, 5.41) is 14.5. The summed E-state index contributed by atoms with van der Waals surface area (Å²) >= 11 is 1.42. The molecule has 1 N–H and O–H groups in total. The number of nitrogens with one attached hydrogen (secondary N) is 1. The number of carbonyl (C=O) groups is 1. The number of pyridine rings is 1. The van der Waals surface area contributed by atoms with E-state index in [0.717, 1.165) is 21.7 Å². The molecule has 1 amide bonds. The summed E-state index contributed by atoms with van der Waals surface area (Å²) in [5.74, 6) is -0.302.